The number of halogens is 2. The lowest BCUT2D eigenvalue weighted by molar-refractivity contribution is 0.104. The number of hydrogen-bond donors (Lipinski definition) is 0. The van der Waals surface area contributed by atoms with Crippen LogP contribution in [0.5, 0.6) is 0 Å². The molecule has 2 nitrogen and oxygen atoms in total. The first-order valence-corrected chi connectivity index (χ1v) is 7.31. The van der Waals surface area contributed by atoms with Gasteiger partial charge in [-0.15, -0.1) is 23.2 Å². The summed E-state index contributed by atoms with van der Waals surface area (Å²) in [5.41, 5.74) is 3.01. The lowest BCUT2D eigenvalue weighted by atomic mass is 10.0. The van der Waals surface area contributed by atoms with E-state index in [4.69, 9.17) is 23.2 Å². The number of nitrogens with zero attached hydrogens (tertiary/aromatic N) is 1. The number of benzene rings is 1. The second kappa shape index (κ2) is 8.23. The zero-order valence-corrected chi connectivity index (χ0v) is 12.8. The van der Waals surface area contributed by atoms with E-state index in [0.29, 0.717) is 30.4 Å². The maximum absolute atomic E-state index is 12.0. The van der Waals surface area contributed by atoms with Crippen molar-refractivity contribution in [1.29, 1.82) is 0 Å². The highest BCUT2D eigenvalue weighted by atomic mass is 35.5. The molecule has 0 aliphatic heterocycles. The second-order valence-electron chi connectivity index (χ2n) is 4.39. The molecule has 0 aromatic heterocycles. The first-order chi connectivity index (χ1) is 9.08. The Hall–Kier alpha value is -0.990. The van der Waals surface area contributed by atoms with Crippen molar-refractivity contribution in [3.63, 3.8) is 0 Å². The molecule has 0 heterocycles. The van der Waals surface area contributed by atoms with Crippen molar-refractivity contribution >= 4 is 29.0 Å². The van der Waals surface area contributed by atoms with E-state index in [1.54, 1.807) is 12.3 Å². The minimum absolute atomic E-state index is 0.00255. The molecule has 1 rings (SSSR count). The van der Waals surface area contributed by atoms with E-state index in [2.05, 4.69) is 0 Å². The summed E-state index contributed by atoms with van der Waals surface area (Å²) in [4.78, 5) is 14.0. The van der Waals surface area contributed by atoms with E-state index in [1.165, 1.54) is 5.56 Å². The predicted molar refractivity (Wildman–Crippen MR) is 82.4 cm³/mol. The van der Waals surface area contributed by atoms with Gasteiger partial charge >= 0.3 is 0 Å². The van der Waals surface area contributed by atoms with Crippen LogP contribution in [0.4, 0.5) is 0 Å². The van der Waals surface area contributed by atoms with Crippen LogP contribution < -0.4 is 0 Å². The van der Waals surface area contributed by atoms with Gasteiger partial charge < -0.3 is 4.90 Å². The smallest absolute Gasteiger partial charge is 0.187 e. The summed E-state index contributed by atoms with van der Waals surface area (Å²) < 4.78 is 0. The van der Waals surface area contributed by atoms with Crippen LogP contribution in [-0.4, -0.2) is 35.5 Å². The Morgan fingerprint density at radius 2 is 1.79 bits per heavy atom. The van der Waals surface area contributed by atoms with Crippen LogP contribution in [0.15, 0.2) is 30.5 Å². The molecule has 0 saturated heterocycles. The van der Waals surface area contributed by atoms with Crippen molar-refractivity contribution in [3.05, 3.63) is 47.2 Å². The third kappa shape index (κ3) is 5.25. The number of alkyl halides is 2. The fraction of sp³-hybridized carbons (Fsp3) is 0.400. The van der Waals surface area contributed by atoms with Crippen LogP contribution >= 0.6 is 23.2 Å². The van der Waals surface area contributed by atoms with Crippen LogP contribution in [-0.2, 0) is 0 Å². The van der Waals surface area contributed by atoms with Crippen LogP contribution in [0.1, 0.15) is 21.5 Å². The van der Waals surface area contributed by atoms with Gasteiger partial charge in [-0.3, -0.25) is 4.79 Å². The Labute approximate surface area is 125 Å². The molecule has 19 heavy (non-hydrogen) atoms. The zero-order chi connectivity index (χ0) is 14.3. The first kappa shape index (κ1) is 16.1. The van der Waals surface area contributed by atoms with Crippen molar-refractivity contribution in [2.75, 3.05) is 24.8 Å². The molecule has 0 amide bonds. The maximum Gasteiger partial charge on any atom is 0.187 e. The predicted octanol–water partition coefficient (Wildman–Crippen LogP) is 3.78. The molecule has 0 saturated carbocycles. The normalized spacial score (nSPS) is 10.9. The van der Waals surface area contributed by atoms with Gasteiger partial charge in [0.25, 0.3) is 0 Å². The third-order valence-electron chi connectivity index (χ3n) is 2.97. The van der Waals surface area contributed by atoms with E-state index in [1.807, 2.05) is 36.9 Å². The summed E-state index contributed by atoms with van der Waals surface area (Å²) in [5.74, 6) is 1.02. The summed E-state index contributed by atoms with van der Waals surface area (Å²) in [6.07, 6.45) is 3.34. The molecule has 4 heteroatoms. The Morgan fingerprint density at radius 3 is 2.32 bits per heavy atom. The van der Waals surface area contributed by atoms with Gasteiger partial charge in [0.15, 0.2) is 5.78 Å². The highest BCUT2D eigenvalue weighted by Gasteiger charge is 2.04. The van der Waals surface area contributed by atoms with Crippen molar-refractivity contribution < 1.29 is 4.79 Å². The van der Waals surface area contributed by atoms with Gasteiger partial charge in [0.2, 0.25) is 0 Å². The molecule has 0 bridgehead atoms. The number of carbonyl (C=O) groups excluding carboxylic acids is 1. The molecule has 0 atom stereocenters. The number of allylic oxidation sites excluding steroid dienone is 1. The number of hydrogen-bond acceptors (Lipinski definition) is 2. The van der Waals surface area contributed by atoms with E-state index in [0.717, 1.165) is 5.56 Å². The minimum atomic E-state index is -0.00255. The van der Waals surface area contributed by atoms with Crippen LogP contribution in [0.25, 0.3) is 0 Å². The molecule has 0 radical (unpaired) electrons. The lowest BCUT2D eigenvalue weighted by Crippen LogP contribution is -2.22. The van der Waals surface area contributed by atoms with E-state index >= 15 is 0 Å². The van der Waals surface area contributed by atoms with Gasteiger partial charge in [-0.25, -0.2) is 0 Å². The van der Waals surface area contributed by atoms with Gasteiger partial charge in [0.1, 0.15) is 0 Å². The van der Waals surface area contributed by atoms with Gasteiger partial charge in [-0.2, -0.15) is 0 Å². The van der Waals surface area contributed by atoms with E-state index < -0.39 is 0 Å². The van der Waals surface area contributed by atoms with Crippen molar-refractivity contribution in [2.45, 2.75) is 13.8 Å². The molecule has 1 aromatic carbocycles. The molecule has 0 spiro atoms. The Bertz CT molecular complexity index is 451. The van der Waals surface area contributed by atoms with Crippen molar-refractivity contribution in [2.24, 2.45) is 0 Å². The number of rotatable bonds is 7. The monoisotopic (exact) mass is 299 g/mol. The lowest BCUT2D eigenvalue weighted by Gasteiger charge is -2.16. The molecule has 0 N–H and O–H groups in total. The number of carbonyl (C=O) groups is 1. The van der Waals surface area contributed by atoms with Crippen LogP contribution in [0.2, 0.25) is 0 Å². The molecule has 104 valence electrons. The average molecular weight is 300 g/mol. The summed E-state index contributed by atoms with van der Waals surface area (Å²) in [7, 11) is 0. The molecule has 0 aliphatic carbocycles. The third-order valence-corrected chi connectivity index (χ3v) is 3.31. The first-order valence-electron chi connectivity index (χ1n) is 6.24. The standard InChI is InChI=1S/C15H19Cl2NO/c1-12-3-4-14(11-13(12)2)15(19)5-8-18(9-6-16)10-7-17/h3-5,8,11H,6-7,9-10H2,1-2H3/b8-5-. The van der Waals surface area contributed by atoms with Gasteiger partial charge in [0.05, 0.1) is 0 Å². The number of aryl methyl sites for hydroxylation is 2. The Balaban J connectivity index is 2.74. The van der Waals surface area contributed by atoms with E-state index in [-0.39, 0.29) is 5.78 Å². The second-order valence-corrected chi connectivity index (χ2v) is 5.15. The summed E-state index contributed by atoms with van der Waals surface area (Å²) >= 11 is 11.4. The Kier molecular flexibility index (Phi) is 6.96. The Morgan fingerprint density at radius 1 is 1.16 bits per heavy atom. The molecular formula is C15H19Cl2NO. The molecule has 0 unspecified atom stereocenters. The fourth-order valence-corrected chi connectivity index (χ4v) is 2.08. The fourth-order valence-electron chi connectivity index (χ4n) is 1.64. The van der Waals surface area contributed by atoms with Crippen LogP contribution in [0, 0.1) is 13.8 Å². The largest absolute Gasteiger partial charge is 0.375 e. The SMILES string of the molecule is Cc1ccc(C(=O)/C=C\N(CCCl)CCCl)cc1C. The summed E-state index contributed by atoms with van der Waals surface area (Å²) in [6, 6.07) is 5.73. The van der Waals surface area contributed by atoms with Crippen LogP contribution in [0.3, 0.4) is 0 Å². The highest BCUT2D eigenvalue weighted by Crippen LogP contribution is 2.11. The van der Waals surface area contributed by atoms with Crippen molar-refractivity contribution in [3.8, 4) is 0 Å². The van der Waals surface area contributed by atoms with Gasteiger partial charge in [-0.1, -0.05) is 12.1 Å². The van der Waals surface area contributed by atoms with Gasteiger partial charge in [-0.05, 0) is 31.0 Å². The topological polar surface area (TPSA) is 20.3 Å². The van der Waals surface area contributed by atoms with Crippen molar-refractivity contribution in [1.82, 2.24) is 4.90 Å². The number of ketones is 1. The summed E-state index contributed by atoms with van der Waals surface area (Å²) in [5, 5.41) is 0. The molecule has 1 aromatic rings. The average Bonchev–Trinajstić information content (AvgIpc) is 2.39. The zero-order valence-electron chi connectivity index (χ0n) is 11.3. The quantitative estimate of drug-likeness (QED) is 0.434. The highest BCUT2D eigenvalue weighted by molar-refractivity contribution is 6.18. The summed E-state index contributed by atoms with van der Waals surface area (Å²) in [6.45, 7) is 5.40. The maximum atomic E-state index is 12.0. The van der Waals surface area contributed by atoms with E-state index in [9.17, 15) is 4.79 Å². The minimum Gasteiger partial charge on any atom is -0.375 e. The molecule has 0 fully saturated rings. The molecular weight excluding hydrogens is 281 g/mol. The molecule has 0 aliphatic rings. The van der Waals surface area contributed by atoms with Gasteiger partial charge in [0, 0.05) is 42.7 Å².